The molecular weight excluding hydrogens is 322 g/mol. The van der Waals surface area contributed by atoms with Crippen LogP contribution in [0.4, 0.5) is 0 Å². The Morgan fingerprint density at radius 1 is 1.37 bits per heavy atom. The van der Waals surface area contributed by atoms with E-state index in [0.717, 1.165) is 28.9 Å². The van der Waals surface area contributed by atoms with Gasteiger partial charge in [-0.15, -0.1) is 6.58 Å². The molecule has 19 heavy (non-hydrogen) atoms. The van der Waals surface area contributed by atoms with E-state index in [4.69, 9.17) is 11.6 Å². The lowest BCUT2D eigenvalue weighted by Crippen LogP contribution is -2.20. The summed E-state index contributed by atoms with van der Waals surface area (Å²) in [6, 6.07) is 6.63. The number of hydrogen-bond acceptors (Lipinski definition) is 1. The van der Waals surface area contributed by atoms with Gasteiger partial charge in [0.1, 0.15) is 0 Å². The highest BCUT2D eigenvalue weighted by Crippen LogP contribution is 2.28. The van der Waals surface area contributed by atoms with E-state index in [1.165, 1.54) is 24.8 Å². The van der Waals surface area contributed by atoms with E-state index in [1.54, 1.807) is 0 Å². The number of unbranched alkanes of at least 4 members (excludes halogenated alkanes) is 3. The average Bonchev–Trinajstić information content (AvgIpc) is 2.40. The van der Waals surface area contributed by atoms with Crippen molar-refractivity contribution in [3.05, 3.63) is 45.9 Å². The van der Waals surface area contributed by atoms with Crippen LogP contribution >= 0.6 is 27.5 Å². The maximum atomic E-state index is 6.17. The fraction of sp³-hybridized carbons (Fsp3) is 0.500. The van der Waals surface area contributed by atoms with Gasteiger partial charge in [-0.2, -0.15) is 0 Å². The van der Waals surface area contributed by atoms with Crippen LogP contribution in [0.15, 0.2) is 35.3 Å². The van der Waals surface area contributed by atoms with E-state index in [9.17, 15) is 0 Å². The molecule has 0 saturated heterocycles. The number of benzene rings is 1. The number of rotatable bonds is 9. The van der Waals surface area contributed by atoms with Crippen LogP contribution in [-0.4, -0.2) is 6.54 Å². The van der Waals surface area contributed by atoms with Crippen molar-refractivity contribution in [1.29, 1.82) is 0 Å². The zero-order chi connectivity index (χ0) is 14.1. The molecule has 106 valence electrons. The van der Waals surface area contributed by atoms with Gasteiger partial charge in [-0.1, -0.05) is 43.5 Å². The summed E-state index contributed by atoms with van der Waals surface area (Å²) in [4.78, 5) is 0. The van der Waals surface area contributed by atoms with Gasteiger partial charge in [0.25, 0.3) is 0 Å². The van der Waals surface area contributed by atoms with Crippen LogP contribution < -0.4 is 5.32 Å². The molecule has 1 nitrogen and oxygen atoms in total. The molecule has 1 rings (SSSR count). The molecule has 0 radical (unpaired) electrons. The summed E-state index contributed by atoms with van der Waals surface area (Å²) < 4.78 is 0.958. The smallest absolute Gasteiger partial charge is 0.0551 e. The summed E-state index contributed by atoms with van der Waals surface area (Å²) >= 11 is 9.61. The van der Waals surface area contributed by atoms with Gasteiger partial charge in [0.05, 0.1) is 5.02 Å². The van der Waals surface area contributed by atoms with E-state index in [2.05, 4.69) is 46.9 Å². The van der Waals surface area contributed by atoms with Crippen LogP contribution in [0, 0.1) is 0 Å². The molecule has 1 aromatic rings. The fourth-order valence-corrected chi connectivity index (χ4v) is 2.61. The van der Waals surface area contributed by atoms with Gasteiger partial charge in [-0.05, 0) is 59.4 Å². The van der Waals surface area contributed by atoms with Crippen molar-refractivity contribution in [2.24, 2.45) is 0 Å². The number of allylic oxidation sites excluding steroid dienone is 1. The van der Waals surface area contributed by atoms with E-state index in [-0.39, 0.29) is 0 Å². The number of halogens is 2. The lowest BCUT2D eigenvalue weighted by molar-refractivity contribution is 0.483. The molecule has 0 amide bonds. The summed E-state index contributed by atoms with van der Waals surface area (Å²) in [5, 5.41) is 4.33. The Bertz CT molecular complexity index is 392. The standard InChI is InChI=1S/C16H23BrClN/c1-3-5-6-7-8-9-16(19-4-2)13-10-11-14(17)15(18)12-13/h3,10-12,16,19H,1,4-9H2,2H3. The van der Waals surface area contributed by atoms with E-state index < -0.39 is 0 Å². The zero-order valence-corrected chi connectivity index (χ0v) is 13.9. The normalized spacial score (nSPS) is 12.4. The molecule has 1 aromatic carbocycles. The van der Waals surface area contributed by atoms with Crippen molar-refractivity contribution in [1.82, 2.24) is 5.32 Å². The van der Waals surface area contributed by atoms with Crippen LogP contribution in [0.2, 0.25) is 5.02 Å². The summed E-state index contributed by atoms with van der Waals surface area (Å²) in [6.07, 6.45) is 8.01. The Hall–Kier alpha value is -0.310. The molecule has 3 heteroatoms. The van der Waals surface area contributed by atoms with Crippen LogP contribution in [0.25, 0.3) is 0 Å². The quantitative estimate of drug-likeness (QED) is 0.435. The molecule has 0 aliphatic heterocycles. The first kappa shape index (κ1) is 16.7. The maximum Gasteiger partial charge on any atom is 0.0551 e. The molecular formula is C16H23BrClN. The molecule has 0 spiro atoms. The van der Waals surface area contributed by atoms with Crippen molar-refractivity contribution in [2.75, 3.05) is 6.54 Å². The van der Waals surface area contributed by atoms with Gasteiger partial charge in [-0.25, -0.2) is 0 Å². The van der Waals surface area contributed by atoms with Gasteiger partial charge in [0.15, 0.2) is 0 Å². The lowest BCUT2D eigenvalue weighted by Gasteiger charge is -2.19. The van der Waals surface area contributed by atoms with Crippen LogP contribution in [0.5, 0.6) is 0 Å². The molecule has 0 fully saturated rings. The van der Waals surface area contributed by atoms with Crippen molar-refractivity contribution >= 4 is 27.5 Å². The molecule has 0 aliphatic carbocycles. The van der Waals surface area contributed by atoms with Gasteiger partial charge in [-0.3, -0.25) is 0 Å². The fourth-order valence-electron chi connectivity index (χ4n) is 2.18. The summed E-state index contributed by atoms with van der Waals surface area (Å²) in [5.41, 5.74) is 1.28. The molecule has 0 aliphatic rings. The minimum atomic E-state index is 0.402. The van der Waals surface area contributed by atoms with Gasteiger partial charge in [0, 0.05) is 10.5 Å². The third-order valence-electron chi connectivity index (χ3n) is 3.20. The highest BCUT2D eigenvalue weighted by Gasteiger charge is 2.11. The predicted octanol–water partition coefficient (Wildman–Crippen LogP) is 5.89. The average molecular weight is 345 g/mol. The largest absolute Gasteiger partial charge is 0.310 e. The Kier molecular flexibility index (Phi) is 8.43. The van der Waals surface area contributed by atoms with Crippen LogP contribution in [0.3, 0.4) is 0 Å². The van der Waals surface area contributed by atoms with Crippen LogP contribution in [0.1, 0.15) is 50.6 Å². The molecule has 0 saturated carbocycles. The van der Waals surface area contributed by atoms with Crippen molar-refractivity contribution in [2.45, 2.75) is 45.1 Å². The van der Waals surface area contributed by atoms with Crippen LogP contribution in [-0.2, 0) is 0 Å². The van der Waals surface area contributed by atoms with Gasteiger partial charge >= 0.3 is 0 Å². The first-order chi connectivity index (χ1) is 9.19. The Balaban J connectivity index is 2.55. The topological polar surface area (TPSA) is 12.0 Å². The summed E-state index contributed by atoms with van der Waals surface area (Å²) in [6.45, 7) is 6.88. The SMILES string of the molecule is C=CCCCCCC(NCC)c1ccc(Br)c(Cl)c1. The maximum absolute atomic E-state index is 6.17. The summed E-state index contributed by atoms with van der Waals surface area (Å²) in [7, 11) is 0. The monoisotopic (exact) mass is 343 g/mol. The van der Waals surface area contributed by atoms with Gasteiger partial charge < -0.3 is 5.32 Å². The van der Waals surface area contributed by atoms with Crippen molar-refractivity contribution < 1.29 is 0 Å². The second-order valence-corrected chi connectivity index (χ2v) is 5.97. The number of hydrogen-bond donors (Lipinski definition) is 1. The molecule has 1 atom stereocenters. The molecule has 0 bridgehead atoms. The zero-order valence-electron chi connectivity index (χ0n) is 11.6. The molecule has 0 heterocycles. The Morgan fingerprint density at radius 3 is 2.79 bits per heavy atom. The molecule has 1 unspecified atom stereocenters. The predicted molar refractivity (Wildman–Crippen MR) is 88.9 cm³/mol. The second-order valence-electron chi connectivity index (χ2n) is 4.71. The van der Waals surface area contributed by atoms with E-state index in [0.29, 0.717) is 6.04 Å². The minimum absolute atomic E-state index is 0.402. The first-order valence-electron chi connectivity index (χ1n) is 6.98. The minimum Gasteiger partial charge on any atom is -0.310 e. The third kappa shape index (κ3) is 6.11. The lowest BCUT2D eigenvalue weighted by atomic mass is 10.00. The van der Waals surface area contributed by atoms with Crippen molar-refractivity contribution in [3.8, 4) is 0 Å². The molecule has 1 N–H and O–H groups in total. The highest BCUT2D eigenvalue weighted by molar-refractivity contribution is 9.10. The number of nitrogens with one attached hydrogen (secondary N) is 1. The van der Waals surface area contributed by atoms with Gasteiger partial charge in [0.2, 0.25) is 0 Å². The summed E-state index contributed by atoms with van der Waals surface area (Å²) in [5.74, 6) is 0. The second kappa shape index (κ2) is 9.57. The highest BCUT2D eigenvalue weighted by atomic mass is 79.9. The molecule has 0 aromatic heterocycles. The Labute approximate surface area is 130 Å². The first-order valence-corrected chi connectivity index (χ1v) is 8.15. The third-order valence-corrected chi connectivity index (χ3v) is 4.43. The van der Waals surface area contributed by atoms with E-state index in [1.807, 2.05) is 12.1 Å². The van der Waals surface area contributed by atoms with Crippen molar-refractivity contribution in [3.63, 3.8) is 0 Å². The Morgan fingerprint density at radius 2 is 2.16 bits per heavy atom. The van der Waals surface area contributed by atoms with E-state index >= 15 is 0 Å².